The van der Waals surface area contributed by atoms with E-state index in [9.17, 15) is 14.9 Å². The predicted octanol–water partition coefficient (Wildman–Crippen LogP) is 4.35. The lowest BCUT2D eigenvalue weighted by atomic mass is 10.0. The SMILES string of the molecule is COc1ccc(CCN2C(=O)/C(=C\c3c(C)c(C#N)c(=O)n(C)c3N3CCN(Cc4ccccc4)CC3)SC2=S)cc1OC. The van der Waals surface area contributed by atoms with Gasteiger partial charge in [-0.1, -0.05) is 60.4 Å². The van der Waals surface area contributed by atoms with Gasteiger partial charge in [0.25, 0.3) is 11.5 Å². The Hall–Kier alpha value is -4.11. The third-order valence-electron chi connectivity index (χ3n) is 8.11. The third kappa shape index (κ3) is 6.38. The Kier molecular flexibility index (Phi) is 9.74. The van der Waals surface area contributed by atoms with Gasteiger partial charge in [0.1, 0.15) is 21.8 Å². The Morgan fingerprint density at radius 3 is 2.36 bits per heavy atom. The maximum atomic E-state index is 13.6. The van der Waals surface area contributed by atoms with Crippen LogP contribution in [0.15, 0.2) is 58.2 Å². The number of amides is 1. The first kappa shape index (κ1) is 31.3. The number of methoxy groups -OCH3 is 2. The van der Waals surface area contributed by atoms with Crippen LogP contribution >= 0.6 is 24.0 Å². The molecule has 0 spiro atoms. The highest BCUT2D eigenvalue weighted by atomic mass is 32.2. The topological polar surface area (TPSA) is 91.0 Å². The van der Waals surface area contributed by atoms with Gasteiger partial charge in [-0.05, 0) is 48.2 Å². The Labute approximate surface area is 267 Å². The molecule has 3 heterocycles. The first-order chi connectivity index (χ1) is 21.2. The first-order valence-electron chi connectivity index (χ1n) is 14.4. The van der Waals surface area contributed by atoms with Crippen molar-refractivity contribution in [3.8, 4) is 17.6 Å². The van der Waals surface area contributed by atoms with Crippen molar-refractivity contribution in [2.45, 2.75) is 19.9 Å². The van der Waals surface area contributed by atoms with Crippen LogP contribution in [0.2, 0.25) is 0 Å². The number of aromatic nitrogens is 1. The molecule has 0 saturated carbocycles. The van der Waals surface area contributed by atoms with Crippen LogP contribution in [0.5, 0.6) is 11.5 Å². The van der Waals surface area contributed by atoms with Crippen LogP contribution in [-0.4, -0.2) is 71.5 Å². The van der Waals surface area contributed by atoms with Crippen LogP contribution in [0.1, 0.15) is 27.8 Å². The molecule has 2 saturated heterocycles. The van der Waals surface area contributed by atoms with Crippen LogP contribution < -0.4 is 19.9 Å². The normalized spacial score (nSPS) is 16.5. The monoisotopic (exact) mass is 629 g/mol. The van der Waals surface area contributed by atoms with Crippen LogP contribution in [0, 0.1) is 18.3 Å². The number of nitrogens with zero attached hydrogens (tertiary/aromatic N) is 5. The molecule has 44 heavy (non-hydrogen) atoms. The number of carbonyl (C=O) groups excluding carboxylic acids is 1. The minimum absolute atomic E-state index is 0.0779. The highest BCUT2D eigenvalue weighted by Gasteiger charge is 2.33. The number of nitriles is 1. The molecular weight excluding hydrogens is 595 g/mol. The molecule has 0 bridgehead atoms. The fourth-order valence-corrected chi connectivity index (χ4v) is 6.94. The largest absolute Gasteiger partial charge is 0.493 e. The second-order valence-corrected chi connectivity index (χ2v) is 12.4. The van der Waals surface area contributed by atoms with E-state index in [1.54, 1.807) is 43.7 Å². The minimum atomic E-state index is -0.341. The number of benzene rings is 2. The van der Waals surface area contributed by atoms with Gasteiger partial charge in [0, 0.05) is 51.9 Å². The van der Waals surface area contributed by atoms with Crippen molar-refractivity contribution in [2.24, 2.45) is 7.05 Å². The van der Waals surface area contributed by atoms with Gasteiger partial charge in [-0.3, -0.25) is 24.0 Å². The quantitative estimate of drug-likeness (QED) is 0.253. The van der Waals surface area contributed by atoms with Crippen molar-refractivity contribution in [1.82, 2.24) is 14.4 Å². The Morgan fingerprint density at radius 1 is 1.00 bits per heavy atom. The van der Waals surface area contributed by atoms with Gasteiger partial charge in [-0.2, -0.15) is 5.26 Å². The number of pyridine rings is 1. The number of thiocarbonyl (C=S) groups is 1. The Bertz CT molecular complexity index is 1710. The molecule has 0 aliphatic carbocycles. The summed E-state index contributed by atoms with van der Waals surface area (Å²) in [6.07, 6.45) is 2.38. The molecule has 3 aromatic rings. The molecule has 0 radical (unpaired) electrons. The second kappa shape index (κ2) is 13.7. The van der Waals surface area contributed by atoms with Crippen molar-refractivity contribution in [3.63, 3.8) is 0 Å². The van der Waals surface area contributed by atoms with Gasteiger partial charge >= 0.3 is 0 Å². The highest BCUT2D eigenvalue weighted by Crippen LogP contribution is 2.36. The summed E-state index contributed by atoms with van der Waals surface area (Å²) in [5.74, 6) is 1.79. The first-order valence-corrected chi connectivity index (χ1v) is 15.6. The molecule has 1 amide bonds. The summed E-state index contributed by atoms with van der Waals surface area (Å²) in [6, 6.07) is 18.1. The molecule has 2 aliphatic rings. The average molecular weight is 630 g/mol. The Balaban J connectivity index is 1.39. The molecular formula is C33H35N5O4S2. The predicted molar refractivity (Wildman–Crippen MR) is 178 cm³/mol. The van der Waals surface area contributed by atoms with Gasteiger partial charge in [0.15, 0.2) is 11.5 Å². The fourth-order valence-electron chi connectivity index (χ4n) is 5.65. The number of hydrogen-bond donors (Lipinski definition) is 0. The van der Waals surface area contributed by atoms with E-state index in [1.165, 1.54) is 17.3 Å². The van der Waals surface area contributed by atoms with Crippen molar-refractivity contribution < 1.29 is 14.3 Å². The van der Waals surface area contributed by atoms with E-state index >= 15 is 0 Å². The smallest absolute Gasteiger partial charge is 0.270 e. The van der Waals surface area contributed by atoms with Crippen LogP contribution in [0.25, 0.3) is 6.08 Å². The van der Waals surface area contributed by atoms with E-state index in [0.29, 0.717) is 63.7 Å². The van der Waals surface area contributed by atoms with Crippen molar-refractivity contribution in [2.75, 3.05) is 51.8 Å². The molecule has 0 N–H and O–H groups in total. The number of anilines is 1. The van der Waals surface area contributed by atoms with Gasteiger partial charge in [-0.15, -0.1) is 0 Å². The van der Waals surface area contributed by atoms with E-state index in [1.807, 2.05) is 36.4 Å². The molecule has 2 fully saturated rings. The molecule has 9 nitrogen and oxygen atoms in total. The lowest BCUT2D eigenvalue weighted by Crippen LogP contribution is -2.48. The summed E-state index contributed by atoms with van der Waals surface area (Å²) in [6.45, 7) is 6.09. The van der Waals surface area contributed by atoms with E-state index in [4.69, 9.17) is 21.7 Å². The number of rotatable bonds is 9. The zero-order valence-corrected chi connectivity index (χ0v) is 27.0. The van der Waals surface area contributed by atoms with Gasteiger partial charge in [0.2, 0.25) is 0 Å². The maximum absolute atomic E-state index is 13.6. The summed E-state index contributed by atoms with van der Waals surface area (Å²) in [5.41, 5.74) is 3.24. The van der Waals surface area contributed by atoms with Crippen LogP contribution in [-0.2, 0) is 24.8 Å². The Morgan fingerprint density at radius 2 is 1.70 bits per heavy atom. The lowest BCUT2D eigenvalue weighted by Gasteiger charge is -2.37. The summed E-state index contributed by atoms with van der Waals surface area (Å²) >= 11 is 6.87. The third-order valence-corrected chi connectivity index (χ3v) is 9.49. The van der Waals surface area contributed by atoms with Gasteiger partial charge in [-0.25, -0.2) is 0 Å². The van der Waals surface area contributed by atoms with E-state index in [0.717, 1.165) is 25.2 Å². The summed E-state index contributed by atoms with van der Waals surface area (Å²) in [5, 5.41) is 9.85. The van der Waals surface area contributed by atoms with E-state index < -0.39 is 0 Å². The van der Waals surface area contributed by atoms with Crippen LogP contribution in [0.3, 0.4) is 0 Å². The van der Waals surface area contributed by atoms with Gasteiger partial charge < -0.3 is 14.4 Å². The van der Waals surface area contributed by atoms with Crippen molar-refractivity contribution in [3.05, 3.63) is 91.6 Å². The maximum Gasteiger partial charge on any atom is 0.270 e. The molecule has 0 atom stereocenters. The summed E-state index contributed by atoms with van der Waals surface area (Å²) in [7, 11) is 4.87. The zero-order chi connectivity index (χ0) is 31.4. The summed E-state index contributed by atoms with van der Waals surface area (Å²) in [4.78, 5) is 33.5. The van der Waals surface area contributed by atoms with E-state index in [-0.39, 0.29) is 17.0 Å². The second-order valence-electron chi connectivity index (χ2n) is 10.7. The lowest BCUT2D eigenvalue weighted by molar-refractivity contribution is -0.122. The average Bonchev–Trinajstić information content (AvgIpc) is 3.31. The van der Waals surface area contributed by atoms with E-state index in [2.05, 4.69) is 28.0 Å². The van der Waals surface area contributed by atoms with Crippen LogP contribution in [0.4, 0.5) is 5.82 Å². The molecule has 0 unspecified atom stereocenters. The zero-order valence-electron chi connectivity index (χ0n) is 25.3. The standard InChI is InChI=1S/C33H35N5O4S2/c1-22-25(19-29-32(40)38(33(43)44-29)13-12-23-10-11-27(41-3)28(18-23)42-4)30(35(2)31(39)26(22)20-34)37-16-14-36(15-17-37)21-24-8-6-5-7-9-24/h5-11,18-19H,12-17,21H2,1-4H3/b29-19+. The molecule has 228 valence electrons. The number of ether oxygens (including phenoxy) is 2. The molecule has 11 heteroatoms. The number of carbonyl (C=O) groups is 1. The molecule has 1 aromatic heterocycles. The molecule has 5 rings (SSSR count). The van der Waals surface area contributed by atoms with Gasteiger partial charge in [0.05, 0.1) is 19.1 Å². The minimum Gasteiger partial charge on any atom is -0.493 e. The highest BCUT2D eigenvalue weighted by molar-refractivity contribution is 8.26. The summed E-state index contributed by atoms with van der Waals surface area (Å²) < 4.78 is 12.8. The van der Waals surface area contributed by atoms with Crippen molar-refractivity contribution in [1.29, 1.82) is 5.26 Å². The number of hydrogen-bond acceptors (Lipinski definition) is 9. The molecule has 2 aromatic carbocycles. The molecule has 2 aliphatic heterocycles. The number of piperazine rings is 1. The van der Waals surface area contributed by atoms with Crippen molar-refractivity contribution >= 4 is 46.1 Å². The number of thioether (sulfide) groups is 1. The fraction of sp³-hybridized carbons (Fsp3) is 0.333.